The summed E-state index contributed by atoms with van der Waals surface area (Å²) >= 11 is 0. The average Bonchev–Trinajstić information content (AvgIpc) is 2.81. The lowest BCUT2D eigenvalue weighted by Gasteiger charge is -2.20. The van der Waals surface area contributed by atoms with Crippen molar-refractivity contribution >= 4 is 11.4 Å². The van der Waals surface area contributed by atoms with Gasteiger partial charge in [-0.15, -0.1) is 0 Å². The Hall–Kier alpha value is -4.45. The van der Waals surface area contributed by atoms with Crippen molar-refractivity contribution < 1.29 is 23.8 Å². The molecular formula is C28H16F2O3. The molecule has 3 aromatic carbocycles. The number of hydrogen-bond donors (Lipinski definition) is 2. The van der Waals surface area contributed by atoms with Gasteiger partial charge in [0.1, 0.15) is 11.6 Å². The lowest BCUT2D eigenvalue weighted by Crippen LogP contribution is -2.27. The number of Topliss-reactive ketones (excluding diaryl/α,β-unsaturated/α-hetero) is 1. The van der Waals surface area contributed by atoms with Crippen LogP contribution in [0.25, 0.3) is 16.7 Å². The standard InChI is InChI=1S/C28H16F2O3/c29-22-12-10-21(11-13-22)23-16-19(9-14-26(23)31)6-4-5-15-28(33)17-24(27(32)25(30)18-28)20-7-2-1-3-8-20/h1-3,7-14,16-18,31,33H. The molecule has 1 atom stereocenters. The van der Waals surface area contributed by atoms with Gasteiger partial charge in [-0.05, 0) is 65.3 Å². The summed E-state index contributed by atoms with van der Waals surface area (Å²) in [6, 6.07) is 18.8. The molecule has 0 saturated heterocycles. The first kappa shape index (κ1) is 21.8. The second kappa shape index (κ2) is 8.96. The third-order valence-electron chi connectivity index (χ3n) is 4.94. The van der Waals surface area contributed by atoms with Crippen LogP contribution < -0.4 is 0 Å². The van der Waals surface area contributed by atoms with E-state index >= 15 is 0 Å². The van der Waals surface area contributed by atoms with Gasteiger partial charge >= 0.3 is 0 Å². The van der Waals surface area contributed by atoms with E-state index in [1.54, 1.807) is 54.6 Å². The highest BCUT2D eigenvalue weighted by molar-refractivity contribution is 6.29. The maximum atomic E-state index is 14.2. The summed E-state index contributed by atoms with van der Waals surface area (Å²) in [5, 5.41) is 20.8. The molecule has 0 spiro atoms. The van der Waals surface area contributed by atoms with Gasteiger partial charge in [0, 0.05) is 22.8 Å². The van der Waals surface area contributed by atoms with E-state index in [9.17, 15) is 23.8 Å². The van der Waals surface area contributed by atoms with Crippen LogP contribution in [0.4, 0.5) is 8.78 Å². The van der Waals surface area contributed by atoms with Gasteiger partial charge < -0.3 is 10.2 Å². The van der Waals surface area contributed by atoms with Gasteiger partial charge in [-0.2, -0.15) is 0 Å². The molecule has 33 heavy (non-hydrogen) atoms. The normalized spacial score (nSPS) is 17.1. The summed E-state index contributed by atoms with van der Waals surface area (Å²) in [5.74, 6) is 8.05. The van der Waals surface area contributed by atoms with Gasteiger partial charge in [0.05, 0.1) is 0 Å². The Labute approximate surface area is 189 Å². The van der Waals surface area contributed by atoms with E-state index < -0.39 is 17.2 Å². The molecule has 3 aromatic rings. The van der Waals surface area contributed by atoms with Crippen molar-refractivity contribution in [3.63, 3.8) is 0 Å². The molecular weight excluding hydrogens is 422 g/mol. The largest absolute Gasteiger partial charge is 0.507 e. The molecule has 5 heteroatoms. The molecule has 0 bridgehead atoms. The van der Waals surface area contributed by atoms with Gasteiger partial charge in [0.2, 0.25) is 5.78 Å². The number of halogens is 2. The first-order chi connectivity index (χ1) is 15.8. The fourth-order valence-electron chi connectivity index (χ4n) is 3.33. The number of rotatable bonds is 2. The van der Waals surface area contributed by atoms with Crippen LogP contribution in [-0.2, 0) is 4.79 Å². The molecule has 1 aliphatic rings. The summed E-state index contributed by atoms with van der Waals surface area (Å²) in [7, 11) is 0. The second-order valence-corrected chi connectivity index (χ2v) is 7.31. The number of ketones is 1. The molecule has 0 amide bonds. The zero-order valence-electron chi connectivity index (χ0n) is 17.1. The Kier molecular flexibility index (Phi) is 5.91. The maximum absolute atomic E-state index is 14.2. The van der Waals surface area contributed by atoms with Crippen molar-refractivity contribution in [3.05, 3.63) is 108 Å². The molecule has 0 aromatic heterocycles. The van der Waals surface area contributed by atoms with Crippen molar-refractivity contribution in [2.45, 2.75) is 5.60 Å². The van der Waals surface area contributed by atoms with E-state index in [1.165, 1.54) is 24.3 Å². The minimum atomic E-state index is -1.99. The molecule has 0 fully saturated rings. The lowest BCUT2D eigenvalue weighted by molar-refractivity contribution is -0.112. The zero-order valence-corrected chi connectivity index (χ0v) is 17.1. The molecule has 0 aliphatic heterocycles. The molecule has 4 rings (SSSR count). The first-order valence-electron chi connectivity index (χ1n) is 9.90. The van der Waals surface area contributed by atoms with Gasteiger partial charge in [-0.3, -0.25) is 4.79 Å². The highest BCUT2D eigenvalue weighted by atomic mass is 19.1. The number of phenolic OH excluding ortho intramolecular Hbond substituents is 1. The van der Waals surface area contributed by atoms with Crippen LogP contribution in [-0.4, -0.2) is 21.6 Å². The number of allylic oxidation sites excluding steroid dienone is 2. The van der Waals surface area contributed by atoms with Gasteiger partial charge in [-0.1, -0.05) is 48.4 Å². The summed E-state index contributed by atoms with van der Waals surface area (Å²) in [6.45, 7) is 0. The Morgan fingerprint density at radius 1 is 0.818 bits per heavy atom. The first-order valence-corrected chi connectivity index (χ1v) is 9.90. The van der Waals surface area contributed by atoms with E-state index in [2.05, 4.69) is 23.7 Å². The van der Waals surface area contributed by atoms with Crippen LogP contribution in [0.1, 0.15) is 11.1 Å². The molecule has 2 N–H and O–H groups in total. The third kappa shape index (κ3) is 4.91. The predicted molar refractivity (Wildman–Crippen MR) is 122 cm³/mol. The Bertz CT molecular complexity index is 1410. The predicted octanol–water partition coefficient (Wildman–Crippen LogP) is 4.80. The van der Waals surface area contributed by atoms with Crippen molar-refractivity contribution in [2.75, 3.05) is 0 Å². The molecule has 160 valence electrons. The second-order valence-electron chi connectivity index (χ2n) is 7.31. The average molecular weight is 438 g/mol. The molecule has 1 unspecified atom stereocenters. The van der Waals surface area contributed by atoms with E-state index in [4.69, 9.17) is 0 Å². The van der Waals surface area contributed by atoms with Crippen LogP contribution >= 0.6 is 0 Å². The zero-order chi connectivity index (χ0) is 23.4. The van der Waals surface area contributed by atoms with Crippen LogP contribution in [0, 0.1) is 29.5 Å². The number of carbonyl (C=O) groups excluding carboxylic acids is 1. The molecule has 0 heterocycles. The van der Waals surface area contributed by atoms with Crippen molar-refractivity contribution in [2.24, 2.45) is 0 Å². The fourth-order valence-corrected chi connectivity index (χ4v) is 3.33. The Balaban J connectivity index is 1.62. The number of benzene rings is 3. The van der Waals surface area contributed by atoms with Gasteiger partial charge in [0.15, 0.2) is 11.4 Å². The topological polar surface area (TPSA) is 57.5 Å². The Morgan fingerprint density at radius 2 is 1.55 bits per heavy atom. The quantitative estimate of drug-likeness (QED) is 0.565. The molecule has 1 aliphatic carbocycles. The minimum Gasteiger partial charge on any atom is -0.507 e. The van der Waals surface area contributed by atoms with Crippen LogP contribution in [0.5, 0.6) is 5.75 Å². The monoisotopic (exact) mass is 438 g/mol. The molecule has 0 saturated carbocycles. The Morgan fingerprint density at radius 3 is 2.27 bits per heavy atom. The smallest absolute Gasteiger partial charge is 0.221 e. The SMILES string of the molecule is O=C1C(F)=CC(O)(C#CC#Cc2ccc(O)c(-c3ccc(F)cc3)c2)C=C1c1ccccc1. The maximum Gasteiger partial charge on any atom is 0.221 e. The number of aromatic hydroxyl groups is 1. The summed E-state index contributed by atoms with van der Waals surface area (Å²) in [5.41, 5.74) is 0.0990. The number of aliphatic hydroxyl groups is 1. The third-order valence-corrected chi connectivity index (χ3v) is 4.94. The summed E-state index contributed by atoms with van der Waals surface area (Å²) < 4.78 is 27.4. The molecule has 0 radical (unpaired) electrons. The number of phenols is 1. The van der Waals surface area contributed by atoms with Crippen molar-refractivity contribution in [1.82, 2.24) is 0 Å². The van der Waals surface area contributed by atoms with E-state index in [0.29, 0.717) is 22.3 Å². The summed E-state index contributed by atoms with van der Waals surface area (Å²) in [6.07, 6.45) is 1.96. The van der Waals surface area contributed by atoms with Gasteiger partial charge in [0.25, 0.3) is 0 Å². The highest BCUT2D eigenvalue weighted by Gasteiger charge is 2.31. The van der Waals surface area contributed by atoms with Crippen LogP contribution in [0.2, 0.25) is 0 Å². The van der Waals surface area contributed by atoms with E-state index in [-0.39, 0.29) is 17.1 Å². The summed E-state index contributed by atoms with van der Waals surface area (Å²) in [4.78, 5) is 12.2. The fraction of sp³-hybridized carbons (Fsp3) is 0.0357. The van der Waals surface area contributed by atoms with E-state index in [1.807, 2.05) is 0 Å². The van der Waals surface area contributed by atoms with Crippen LogP contribution in [0.15, 0.2) is 90.8 Å². The van der Waals surface area contributed by atoms with Crippen molar-refractivity contribution in [3.8, 4) is 40.6 Å². The highest BCUT2D eigenvalue weighted by Crippen LogP contribution is 2.31. The van der Waals surface area contributed by atoms with Crippen molar-refractivity contribution in [1.29, 1.82) is 0 Å². The number of carbonyl (C=O) groups is 1. The number of hydrogen-bond acceptors (Lipinski definition) is 3. The van der Waals surface area contributed by atoms with E-state index in [0.717, 1.165) is 6.08 Å². The molecule has 3 nitrogen and oxygen atoms in total. The van der Waals surface area contributed by atoms with Crippen LogP contribution in [0.3, 0.4) is 0 Å². The van der Waals surface area contributed by atoms with Gasteiger partial charge in [-0.25, -0.2) is 8.78 Å². The minimum absolute atomic E-state index is 0.0126. The lowest BCUT2D eigenvalue weighted by atomic mass is 9.88.